The first-order chi connectivity index (χ1) is 9.98. The second kappa shape index (κ2) is 7.20. The number of rotatable bonds is 7. The van der Waals surface area contributed by atoms with Crippen molar-refractivity contribution in [2.24, 2.45) is 0 Å². The molecule has 7 nitrogen and oxygen atoms in total. The van der Waals surface area contributed by atoms with Gasteiger partial charge in [-0.2, -0.15) is 0 Å². The molecule has 2 saturated heterocycles. The van der Waals surface area contributed by atoms with Crippen molar-refractivity contribution in [2.75, 3.05) is 39.4 Å². The van der Waals surface area contributed by atoms with Crippen LogP contribution in [0.25, 0.3) is 0 Å². The summed E-state index contributed by atoms with van der Waals surface area (Å²) in [5, 5.41) is 11.9. The lowest BCUT2D eigenvalue weighted by molar-refractivity contribution is -0.174. The zero-order valence-electron chi connectivity index (χ0n) is 12.5. The third kappa shape index (κ3) is 4.94. The van der Waals surface area contributed by atoms with Crippen LogP contribution in [0.1, 0.15) is 26.2 Å². The van der Waals surface area contributed by atoms with E-state index in [-0.39, 0.29) is 18.6 Å². The summed E-state index contributed by atoms with van der Waals surface area (Å²) in [5.74, 6) is -0.947. The van der Waals surface area contributed by atoms with Gasteiger partial charge >= 0.3 is 5.97 Å². The summed E-state index contributed by atoms with van der Waals surface area (Å²) in [5.41, 5.74) is -0.524. The average molecular weight is 300 g/mol. The number of piperidine rings is 1. The zero-order chi connectivity index (χ0) is 15.3. The number of carboxylic acids is 1. The van der Waals surface area contributed by atoms with Gasteiger partial charge in [0.2, 0.25) is 5.91 Å². The molecule has 0 bridgehead atoms. The molecule has 0 atom stereocenters. The van der Waals surface area contributed by atoms with Gasteiger partial charge in [0.15, 0.2) is 0 Å². The first-order valence-corrected chi connectivity index (χ1v) is 7.44. The summed E-state index contributed by atoms with van der Waals surface area (Å²) in [6.45, 7) is 4.81. The lowest BCUT2D eigenvalue weighted by atomic mass is 9.96. The molecule has 0 saturated carbocycles. The van der Waals surface area contributed by atoms with Gasteiger partial charge in [-0.15, -0.1) is 0 Å². The maximum Gasteiger partial charge on any atom is 0.329 e. The van der Waals surface area contributed by atoms with E-state index < -0.39 is 11.6 Å². The van der Waals surface area contributed by atoms with Gasteiger partial charge in [-0.1, -0.05) is 0 Å². The molecule has 2 fully saturated rings. The highest BCUT2D eigenvalue weighted by Crippen LogP contribution is 2.25. The Morgan fingerprint density at radius 3 is 2.62 bits per heavy atom. The fourth-order valence-corrected chi connectivity index (χ4v) is 2.70. The molecule has 0 radical (unpaired) electrons. The van der Waals surface area contributed by atoms with Crippen molar-refractivity contribution in [2.45, 2.75) is 37.9 Å². The van der Waals surface area contributed by atoms with Crippen LogP contribution in [0.2, 0.25) is 0 Å². The average Bonchev–Trinajstić information content (AvgIpc) is 2.43. The monoisotopic (exact) mass is 300 g/mol. The van der Waals surface area contributed by atoms with Gasteiger partial charge in [0.1, 0.15) is 12.2 Å². The SMILES string of the molecule is CC1(OCC(=O)O)CN(C(=O)CCOC2CCNCC2)C1. The summed E-state index contributed by atoms with van der Waals surface area (Å²) >= 11 is 0. The van der Waals surface area contributed by atoms with Crippen LogP contribution in [0.3, 0.4) is 0 Å². The molecule has 0 aromatic rings. The van der Waals surface area contributed by atoms with Gasteiger partial charge < -0.3 is 24.8 Å². The van der Waals surface area contributed by atoms with Crippen LogP contribution in [0, 0.1) is 0 Å². The van der Waals surface area contributed by atoms with Gasteiger partial charge in [0, 0.05) is 0 Å². The number of carbonyl (C=O) groups excluding carboxylic acids is 1. The van der Waals surface area contributed by atoms with Crippen molar-refractivity contribution in [3.63, 3.8) is 0 Å². The van der Waals surface area contributed by atoms with Crippen LogP contribution in [-0.4, -0.2) is 73.0 Å². The molecule has 21 heavy (non-hydrogen) atoms. The largest absolute Gasteiger partial charge is 0.480 e. The Bertz CT molecular complexity index is 376. The Hall–Kier alpha value is -1.18. The second-order valence-corrected chi connectivity index (χ2v) is 5.95. The van der Waals surface area contributed by atoms with E-state index in [0.717, 1.165) is 25.9 Å². The Kier molecular flexibility index (Phi) is 5.55. The van der Waals surface area contributed by atoms with Crippen molar-refractivity contribution in [1.29, 1.82) is 0 Å². The maximum absolute atomic E-state index is 12.0. The summed E-state index contributed by atoms with van der Waals surface area (Å²) in [7, 11) is 0. The van der Waals surface area contributed by atoms with E-state index in [0.29, 0.717) is 26.1 Å². The number of hydrogen-bond acceptors (Lipinski definition) is 5. The van der Waals surface area contributed by atoms with Crippen LogP contribution in [0.5, 0.6) is 0 Å². The number of carbonyl (C=O) groups is 2. The predicted octanol–water partition coefficient (Wildman–Crippen LogP) is -0.153. The molecule has 2 aliphatic rings. The Morgan fingerprint density at radius 1 is 1.33 bits per heavy atom. The minimum Gasteiger partial charge on any atom is -0.480 e. The Balaban J connectivity index is 1.59. The summed E-state index contributed by atoms with van der Waals surface area (Å²) in [6, 6.07) is 0. The van der Waals surface area contributed by atoms with Gasteiger partial charge in [-0.05, 0) is 32.9 Å². The first-order valence-electron chi connectivity index (χ1n) is 7.44. The van der Waals surface area contributed by atoms with Crippen molar-refractivity contribution in [3.8, 4) is 0 Å². The van der Waals surface area contributed by atoms with Crippen LogP contribution < -0.4 is 5.32 Å². The standard InChI is InChI=1S/C14H24N2O5/c1-14(21-8-13(18)19)9-16(10-14)12(17)4-7-20-11-2-5-15-6-3-11/h11,15H,2-10H2,1H3,(H,18,19). The van der Waals surface area contributed by atoms with Crippen LogP contribution in [-0.2, 0) is 19.1 Å². The number of hydrogen-bond donors (Lipinski definition) is 2. The third-order valence-corrected chi connectivity index (χ3v) is 3.90. The van der Waals surface area contributed by atoms with E-state index in [4.69, 9.17) is 14.6 Å². The van der Waals surface area contributed by atoms with Crippen molar-refractivity contribution in [3.05, 3.63) is 0 Å². The summed E-state index contributed by atoms with van der Waals surface area (Å²) in [4.78, 5) is 24.1. The number of ether oxygens (including phenoxy) is 2. The maximum atomic E-state index is 12.0. The molecule has 0 unspecified atom stereocenters. The van der Waals surface area contributed by atoms with E-state index >= 15 is 0 Å². The molecule has 7 heteroatoms. The van der Waals surface area contributed by atoms with E-state index in [1.165, 1.54) is 0 Å². The topological polar surface area (TPSA) is 88.1 Å². The zero-order valence-corrected chi connectivity index (χ0v) is 12.5. The fraction of sp³-hybridized carbons (Fsp3) is 0.857. The number of carboxylic acid groups (broad SMARTS) is 1. The number of likely N-dealkylation sites (tertiary alicyclic amines) is 1. The van der Waals surface area contributed by atoms with Crippen molar-refractivity contribution in [1.82, 2.24) is 10.2 Å². The molecule has 2 aliphatic heterocycles. The van der Waals surface area contributed by atoms with Gasteiger partial charge in [0.25, 0.3) is 0 Å². The van der Waals surface area contributed by atoms with Crippen molar-refractivity contribution < 1.29 is 24.2 Å². The summed E-state index contributed by atoms with van der Waals surface area (Å²) in [6.07, 6.45) is 2.64. The fourth-order valence-electron chi connectivity index (χ4n) is 2.70. The highest BCUT2D eigenvalue weighted by Gasteiger charge is 2.42. The molecular formula is C14H24N2O5. The molecule has 2 rings (SSSR count). The predicted molar refractivity (Wildman–Crippen MR) is 75.0 cm³/mol. The highest BCUT2D eigenvalue weighted by molar-refractivity contribution is 5.77. The molecule has 0 aliphatic carbocycles. The normalized spacial score (nSPS) is 21.9. The minimum atomic E-state index is -0.989. The smallest absolute Gasteiger partial charge is 0.329 e. The van der Waals surface area contributed by atoms with E-state index in [1.807, 2.05) is 6.92 Å². The quantitative estimate of drug-likeness (QED) is 0.680. The Morgan fingerprint density at radius 2 is 2.00 bits per heavy atom. The Labute approximate surface area is 124 Å². The molecule has 2 heterocycles. The van der Waals surface area contributed by atoms with Gasteiger partial charge in [0.05, 0.1) is 32.2 Å². The van der Waals surface area contributed by atoms with E-state index in [1.54, 1.807) is 4.90 Å². The lowest BCUT2D eigenvalue weighted by Crippen LogP contribution is -2.63. The molecular weight excluding hydrogens is 276 g/mol. The molecule has 120 valence electrons. The highest BCUT2D eigenvalue weighted by atomic mass is 16.5. The molecule has 1 amide bonds. The lowest BCUT2D eigenvalue weighted by Gasteiger charge is -2.47. The van der Waals surface area contributed by atoms with E-state index in [9.17, 15) is 9.59 Å². The minimum absolute atomic E-state index is 0.0420. The van der Waals surface area contributed by atoms with Crippen molar-refractivity contribution >= 4 is 11.9 Å². The molecule has 0 aromatic carbocycles. The molecule has 2 N–H and O–H groups in total. The third-order valence-electron chi connectivity index (χ3n) is 3.90. The molecule has 0 spiro atoms. The second-order valence-electron chi connectivity index (χ2n) is 5.95. The van der Waals surface area contributed by atoms with E-state index in [2.05, 4.69) is 5.32 Å². The van der Waals surface area contributed by atoms with Crippen LogP contribution in [0.4, 0.5) is 0 Å². The number of amides is 1. The van der Waals surface area contributed by atoms with Crippen LogP contribution in [0.15, 0.2) is 0 Å². The number of aliphatic carboxylic acids is 1. The number of nitrogens with one attached hydrogen (secondary N) is 1. The summed E-state index contributed by atoms with van der Waals surface area (Å²) < 4.78 is 11.0. The van der Waals surface area contributed by atoms with Crippen LogP contribution >= 0.6 is 0 Å². The van der Waals surface area contributed by atoms with Gasteiger partial charge in [-0.3, -0.25) is 4.79 Å². The van der Waals surface area contributed by atoms with Gasteiger partial charge in [-0.25, -0.2) is 4.79 Å². The number of nitrogens with zero attached hydrogens (tertiary/aromatic N) is 1. The first kappa shape index (κ1) is 16.2. The molecule has 0 aromatic heterocycles.